The molecule has 6 nitrogen and oxygen atoms in total. The van der Waals surface area contributed by atoms with Crippen molar-refractivity contribution >= 4 is 17.7 Å². The molecule has 22 heavy (non-hydrogen) atoms. The van der Waals surface area contributed by atoms with Crippen molar-refractivity contribution in [1.82, 2.24) is 0 Å². The molecule has 0 aliphatic rings. The Labute approximate surface area is 130 Å². The third-order valence-corrected chi connectivity index (χ3v) is 3.18. The Morgan fingerprint density at radius 1 is 1.41 bits per heavy atom. The van der Waals surface area contributed by atoms with Crippen LogP contribution in [0, 0.1) is 10.1 Å². The van der Waals surface area contributed by atoms with Gasteiger partial charge in [0.25, 0.3) is 5.69 Å². The maximum absolute atomic E-state index is 11.2. The number of Topliss-reactive ketones (excluding diaryl/α,β-unsaturated/α-hetero) is 1. The second-order valence-electron chi connectivity index (χ2n) is 5.18. The number of hydrogen-bond acceptors (Lipinski definition) is 5. The van der Waals surface area contributed by atoms with E-state index in [1.54, 1.807) is 18.2 Å². The normalized spacial score (nSPS) is 12.3. The molecule has 0 saturated heterocycles. The minimum Gasteiger partial charge on any atom is -0.392 e. The molecule has 1 aromatic carbocycles. The Kier molecular flexibility index (Phi) is 7.81. The number of rotatable bonds is 10. The van der Waals surface area contributed by atoms with Gasteiger partial charge >= 0.3 is 0 Å². The molecule has 6 heteroatoms. The van der Waals surface area contributed by atoms with E-state index in [-0.39, 0.29) is 17.6 Å². The highest BCUT2D eigenvalue weighted by molar-refractivity contribution is 5.84. The molecule has 1 unspecified atom stereocenters. The lowest BCUT2D eigenvalue weighted by atomic mass is 10.1. The molecule has 0 spiro atoms. The Morgan fingerprint density at radius 2 is 2.14 bits per heavy atom. The van der Waals surface area contributed by atoms with Crippen molar-refractivity contribution in [3.63, 3.8) is 0 Å². The number of benzene rings is 1. The first-order valence-corrected chi connectivity index (χ1v) is 7.46. The molecule has 0 amide bonds. The largest absolute Gasteiger partial charge is 0.392 e. The van der Waals surface area contributed by atoms with Crippen molar-refractivity contribution in [1.29, 1.82) is 0 Å². The minimum absolute atomic E-state index is 0.0241. The van der Waals surface area contributed by atoms with Gasteiger partial charge in [-0.1, -0.05) is 37.1 Å². The van der Waals surface area contributed by atoms with Gasteiger partial charge in [-0.05, 0) is 25.8 Å². The lowest BCUT2D eigenvalue weighted by molar-refractivity contribution is -0.385. The van der Waals surface area contributed by atoms with Crippen molar-refractivity contribution in [3.05, 3.63) is 39.9 Å². The number of unbranched alkanes of at least 4 members (excludes halogenated alkanes) is 2. The van der Waals surface area contributed by atoms with Crippen LogP contribution in [0.1, 0.15) is 51.5 Å². The molecule has 0 radical (unpaired) electrons. The SMILES string of the molecule is CCCCCC(CC(C)=O)O/N=C/c1ccccc1[N+](=O)[O-]. The zero-order chi connectivity index (χ0) is 16.4. The number of nitrogens with zero attached hydrogens (tertiary/aromatic N) is 2. The first-order chi connectivity index (χ1) is 10.5. The summed E-state index contributed by atoms with van der Waals surface area (Å²) >= 11 is 0. The Morgan fingerprint density at radius 3 is 2.77 bits per heavy atom. The Balaban J connectivity index is 2.66. The average molecular weight is 306 g/mol. The highest BCUT2D eigenvalue weighted by Gasteiger charge is 2.13. The Bertz CT molecular complexity index is 529. The average Bonchev–Trinajstić information content (AvgIpc) is 2.47. The minimum atomic E-state index is -0.463. The third kappa shape index (κ3) is 6.47. The number of nitro groups is 1. The predicted molar refractivity (Wildman–Crippen MR) is 85.0 cm³/mol. The van der Waals surface area contributed by atoms with Crippen LogP contribution in [0.3, 0.4) is 0 Å². The second-order valence-corrected chi connectivity index (χ2v) is 5.18. The smallest absolute Gasteiger partial charge is 0.278 e. The molecule has 0 fully saturated rings. The summed E-state index contributed by atoms with van der Waals surface area (Å²) in [4.78, 5) is 27.0. The second kappa shape index (κ2) is 9.65. The topological polar surface area (TPSA) is 81.8 Å². The summed E-state index contributed by atoms with van der Waals surface area (Å²) in [5, 5.41) is 14.7. The fraction of sp³-hybridized carbons (Fsp3) is 0.500. The quantitative estimate of drug-likeness (QED) is 0.284. The van der Waals surface area contributed by atoms with Gasteiger partial charge in [0.05, 0.1) is 16.7 Å². The summed E-state index contributed by atoms with van der Waals surface area (Å²) in [6.45, 7) is 3.62. The Hall–Kier alpha value is -2.24. The van der Waals surface area contributed by atoms with Gasteiger partial charge in [-0.25, -0.2) is 0 Å². The number of carbonyl (C=O) groups is 1. The third-order valence-electron chi connectivity index (χ3n) is 3.18. The van der Waals surface area contributed by atoms with E-state index in [9.17, 15) is 14.9 Å². The lowest BCUT2D eigenvalue weighted by Gasteiger charge is -2.12. The molecule has 1 atom stereocenters. The first kappa shape index (κ1) is 17.8. The molecule has 0 heterocycles. The first-order valence-electron chi connectivity index (χ1n) is 7.46. The van der Waals surface area contributed by atoms with Crippen molar-refractivity contribution in [2.75, 3.05) is 0 Å². The number of para-hydroxylation sites is 1. The molecule has 0 N–H and O–H groups in total. The summed E-state index contributed by atoms with van der Waals surface area (Å²) in [5.74, 6) is 0.0439. The van der Waals surface area contributed by atoms with Crippen LogP contribution in [0.25, 0.3) is 0 Å². The zero-order valence-electron chi connectivity index (χ0n) is 13.0. The van der Waals surface area contributed by atoms with Gasteiger partial charge in [-0.15, -0.1) is 0 Å². The van der Waals surface area contributed by atoms with Crippen molar-refractivity contribution < 1.29 is 14.6 Å². The summed E-state index contributed by atoms with van der Waals surface area (Å²) in [7, 11) is 0. The lowest BCUT2D eigenvalue weighted by Crippen LogP contribution is -2.14. The van der Waals surface area contributed by atoms with Gasteiger partial charge in [0.15, 0.2) is 0 Å². The number of nitro benzene ring substituents is 1. The monoisotopic (exact) mass is 306 g/mol. The standard InChI is InChI=1S/C16H22N2O4/c1-3-4-5-9-15(11-13(2)19)22-17-12-14-8-6-7-10-16(14)18(20)21/h6-8,10,12,15H,3-5,9,11H2,1-2H3/b17-12+. The van der Waals surface area contributed by atoms with Gasteiger partial charge in [-0.2, -0.15) is 0 Å². The molecule has 120 valence electrons. The van der Waals surface area contributed by atoms with Crippen molar-refractivity contribution in [3.8, 4) is 0 Å². The summed E-state index contributed by atoms with van der Waals surface area (Å²) in [6.07, 6.45) is 5.24. The van der Waals surface area contributed by atoms with E-state index in [0.29, 0.717) is 12.0 Å². The highest BCUT2D eigenvalue weighted by Crippen LogP contribution is 2.16. The predicted octanol–water partition coefficient (Wildman–Crippen LogP) is 3.87. The van der Waals surface area contributed by atoms with Crippen LogP contribution in [0.4, 0.5) is 5.69 Å². The molecule has 0 bridgehead atoms. The van der Waals surface area contributed by atoms with Gasteiger partial charge in [0, 0.05) is 12.5 Å². The van der Waals surface area contributed by atoms with Crippen molar-refractivity contribution in [2.45, 2.75) is 52.1 Å². The van der Waals surface area contributed by atoms with E-state index in [4.69, 9.17) is 4.84 Å². The number of hydrogen-bond donors (Lipinski definition) is 0. The van der Waals surface area contributed by atoms with Crippen LogP contribution in [0.5, 0.6) is 0 Å². The summed E-state index contributed by atoms with van der Waals surface area (Å²) in [6, 6.07) is 6.31. The van der Waals surface area contributed by atoms with E-state index in [0.717, 1.165) is 25.7 Å². The molecule has 0 aliphatic heterocycles. The van der Waals surface area contributed by atoms with E-state index in [1.807, 2.05) is 0 Å². The molecule has 1 aromatic rings. The van der Waals surface area contributed by atoms with Crippen LogP contribution >= 0.6 is 0 Å². The van der Waals surface area contributed by atoms with Crippen LogP contribution < -0.4 is 0 Å². The zero-order valence-corrected chi connectivity index (χ0v) is 13.0. The highest BCUT2D eigenvalue weighted by atomic mass is 16.6. The summed E-state index contributed by atoms with van der Waals surface area (Å²) in [5.41, 5.74) is 0.353. The van der Waals surface area contributed by atoms with Crippen LogP contribution in [0.15, 0.2) is 29.4 Å². The molecular formula is C16H22N2O4. The van der Waals surface area contributed by atoms with E-state index >= 15 is 0 Å². The molecular weight excluding hydrogens is 284 g/mol. The van der Waals surface area contributed by atoms with Gasteiger partial charge < -0.3 is 4.84 Å². The molecule has 0 saturated carbocycles. The number of oxime groups is 1. The van der Waals surface area contributed by atoms with Gasteiger partial charge in [0.2, 0.25) is 0 Å². The number of ketones is 1. The fourth-order valence-corrected chi connectivity index (χ4v) is 2.07. The molecule has 0 aromatic heterocycles. The van der Waals surface area contributed by atoms with Crippen molar-refractivity contribution in [2.24, 2.45) is 5.16 Å². The maximum atomic E-state index is 11.2. The van der Waals surface area contributed by atoms with Crippen LogP contribution in [0.2, 0.25) is 0 Å². The van der Waals surface area contributed by atoms with Gasteiger partial charge in [-0.3, -0.25) is 14.9 Å². The van der Waals surface area contributed by atoms with Crippen LogP contribution in [-0.4, -0.2) is 23.0 Å². The van der Waals surface area contributed by atoms with E-state index < -0.39 is 4.92 Å². The van der Waals surface area contributed by atoms with Crippen LogP contribution in [-0.2, 0) is 9.63 Å². The van der Waals surface area contributed by atoms with E-state index in [1.165, 1.54) is 19.2 Å². The van der Waals surface area contributed by atoms with Gasteiger partial charge in [0.1, 0.15) is 11.9 Å². The summed E-state index contributed by atoms with van der Waals surface area (Å²) < 4.78 is 0. The van der Waals surface area contributed by atoms with E-state index in [2.05, 4.69) is 12.1 Å². The number of carbonyl (C=O) groups excluding carboxylic acids is 1. The maximum Gasteiger partial charge on any atom is 0.278 e. The molecule has 0 aliphatic carbocycles. The fourth-order valence-electron chi connectivity index (χ4n) is 2.07. The molecule has 1 rings (SSSR count).